The minimum Gasteiger partial charge on any atom is -0.454 e. The van der Waals surface area contributed by atoms with Crippen molar-refractivity contribution in [2.24, 2.45) is 4.99 Å². The summed E-state index contributed by atoms with van der Waals surface area (Å²) in [4.78, 5) is 29.3. The van der Waals surface area contributed by atoms with E-state index in [0.717, 1.165) is 22.2 Å². The van der Waals surface area contributed by atoms with Crippen molar-refractivity contribution in [3.8, 4) is 0 Å². The molecule has 3 rings (SSSR count). The summed E-state index contributed by atoms with van der Waals surface area (Å²) in [6.07, 6.45) is 0. The number of carbonyl (C=O) groups excluding carboxylic acids is 2. The van der Waals surface area contributed by atoms with E-state index in [-0.39, 0.29) is 12.4 Å². The van der Waals surface area contributed by atoms with Gasteiger partial charge in [0, 0.05) is 11.5 Å². The van der Waals surface area contributed by atoms with Crippen LogP contribution in [0.25, 0.3) is 0 Å². The Balaban J connectivity index is 1.60. The highest BCUT2D eigenvalue weighted by atomic mass is 35.5. The maximum atomic E-state index is 12.4. The number of thioether (sulfide) groups is 2. The van der Waals surface area contributed by atoms with Gasteiger partial charge in [0.15, 0.2) is 6.61 Å². The number of Topliss-reactive ketones (excluding diaryl/α,β-unsaturated/α-hetero) is 1. The molecule has 0 radical (unpaired) electrons. The number of carbonyl (C=O) groups is 2. The zero-order chi connectivity index (χ0) is 17.6. The predicted molar refractivity (Wildman–Crippen MR) is 106 cm³/mol. The molecule has 25 heavy (non-hydrogen) atoms. The third-order valence-electron chi connectivity index (χ3n) is 3.33. The van der Waals surface area contributed by atoms with Gasteiger partial charge in [-0.15, -0.1) is 11.3 Å². The first-order valence-corrected chi connectivity index (χ1v) is 10.6. The maximum absolute atomic E-state index is 12.4. The molecule has 2 heterocycles. The molecule has 0 saturated heterocycles. The molecule has 1 aliphatic heterocycles. The van der Waals surface area contributed by atoms with Gasteiger partial charge in [0.25, 0.3) is 0 Å². The molecule has 0 saturated carbocycles. The lowest BCUT2D eigenvalue weighted by Gasteiger charge is -2.09. The molecule has 4 nitrogen and oxygen atoms in total. The average molecular weight is 412 g/mol. The van der Waals surface area contributed by atoms with Crippen molar-refractivity contribution in [1.82, 2.24) is 0 Å². The molecule has 0 N–H and O–H groups in total. The molecule has 1 aromatic heterocycles. The van der Waals surface area contributed by atoms with E-state index < -0.39 is 5.97 Å². The highest BCUT2D eigenvalue weighted by Gasteiger charge is 2.17. The van der Waals surface area contributed by atoms with Gasteiger partial charge in [0.2, 0.25) is 5.78 Å². The van der Waals surface area contributed by atoms with Crippen LogP contribution in [0.2, 0.25) is 4.34 Å². The van der Waals surface area contributed by atoms with Gasteiger partial charge >= 0.3 is 5.97 Å². The normalized spacial score (nSPS) is 13.6. The summed E-state index contributed by atoms with van der Waals surface area (Å²) in [5, 5.41) is 0. The second-order valence-electron chi connectivity index (χ2n) is 5.04. The van der Waals surface area contributed by atoms with E-state index >= 15 is 0 Å². The molecule has 0 aliphatic carbocycles. The fraction of sp³-hybridized carbons (Fsp3) is 0.235. The Morgan fingerprint density at radius 3 is 2.80 bits per heavy atom. The van der Waals surface area contributed by atoms with Crippen molar-refractivity contribution in [2.75, 3.05) is 18.9 Å². The first-order valence-electron chi connectivity index (χ1n) is 7.47. The fourth-order valence-corrected chi connectivity index (χ4v) is 5.11. The minimum atomic E-state index is -0.492. The third-order valence-corrected chi connectivity index (χ3v) is 6.90. The molecule has 0 spiro atoms. The van der Waals surface area contributed by atoms with Crippen LogP contribution in [0, 0.1) is 0 Å². The number of hydrogen-bond acceptors (Lipinski definition) is 7. The van der Waals surface area contributed by atoms with Crippen LogP contribution in [0.5, 0.6) is 0 Å². The summed E-state index contributed by atoms with van der Waals surface area (Å²) in [6, 6.07) is 10.6. The van der Waals surface area contributed by atoms with Crippen LogP contribution in [0.1, 0.15) is 25.6 Å². The Morgan fingerprint density at radius 2 is 2.08 bits per heavy atom. The first-order chi connectivity index (χ1) is 12.1. The van der Waals surface area contributed by atoms with Crippen molar-refractivity contribution in [1.29, 1.82) is 0 Å². The lowest BCUT2D eigenvalue weighted by molar-refractivity contribution is 0.0475. The van der Waals surface area contributed by atoms with Crippen LogP contribution in [0.4, 0.5) is 0 Å². The lowest BCUT2D eigenvalue weighted by Crippen LogP contribution is -2.14. The van der Waals surface area contributed by atoms with Crippen LogP contribution < -0.4 is 0 Å². The third kappa shape index (κ3) is 5.10. The van der Waals surface area contributed by atoms with Crippen molar-refractivity contribution < 1.29 is 14.3 Å². The summed E-state index contributed by atoms with van der Waals surface area (Å²) in [7, 11) is 0. The number of hydrogen-bond donors (Lipinski definition) is 0. The van der Waals surface area contributed by atoms with Gasteiger partial charge in [-0.2, -0.15) is 0 Å². The smallest absolute Gasteiger partial charge is 0.338 e. The summed E-state index contributed by atoms with van der Waals surface area (Å²) in [5.41, 5.74) is 1.36. The number of esters is 1. The van der Waals surface area contributed by atoms with E-state index in [2.05, 4.69) is 4.99 Å². The molecular weight excluding hydrogens is 398 g/mol. The molecule has 130 valence electrons. The largest absolute Gasteiger partial charge is 0.454 e. The minimum absolute atomic E-state index is 0.256. The van der Waals surface area contributed by atoms with E-state index in [1.165, 1.54) is 11.3 Å². The number of ketones is 1. The maximum Gasteiger partial charge on any atom is 0.338 e. The Bertz CT molecular complexity index is 819. The number of rotatable bonds is 6. The highest BCUT2D eigenvalue weighted by Crippen LogP contribution is 2.27. The quantitative estimate of drug-likeness (QED) is 0.505. The van der Waals surface area contributed by atoms with Crippen molar-refractivity contribution in [3.05, 3.63) is 56.7 Å². The summed E-state index contributed by atoms with van der Waals surface area (Å²) < 4.78 is 6.78. The van der Waals surface area contributed by atoms with E-state index in [1.807, 2.05) is 12.1 Å². The van der Waals surface area contributed by atoms with Crippen LogP contribution in [0.15, 0.2) is 41.4 Å². The molecule has 0 bridgehead atoms. The monoisotopic (exact) mass is 411 g/mol. The predicted octanol–water partition coefficient (Wildman–Crippen LogP) is 4.78. The number of ether oxygens (including phenoxy) is 1. The van der Waals surface area contributed by atoms with Gasteiger partial charge in [-0.3, -0.25) is 9.79 Å². The van der Waals surface area contributed by atoms with Gasteiger partial charge < -0.3 is 4.74 Å². The molecule has 8 heteroatoms. The van der Waals surface area contributed by atoms with E-state index in [4.69, 9.17) is 16.3 Å². The standard InChI is InChI=1S/C17H14ClNO3S3/c18-15-6-5-14(25-15)13(20)9-22-16(21)12-4-2-1-3-11(12)10-24-17-19-7-8-23-17/h1-6H,7-10H2. The van der Waals surface area contributed by atoms with Crippen LogP contribution >= 0.6 is 46.5 Å². The second-order valence-corrected chi connectivity index (χ2v) is 9.07. The van der Waals surface area contributed by atoms with E-state index in [0.29, 0.717) is 20.5 Å². The van der Waals surface area contributed by atoms with Gasteiger partial charge in [-0.05, 0) is 23.8 Å². The highest BCUT2D eigenvalue weighted by molar-refractivity contribution is 8.38. The fourth-order valence-electron chi connectivity index (χ4n) is 2.13. The molecule has 0 fully saturated rings. The van der Waals surface area contributed by atoms with Gasteiger partial charge in [-0.25, -0.2) is 4.79 Å². The Kier molecular flexibility index (Phi) is 6.58. The Morgan fingerprint density at radius 1 is 1.24 bits per heavy atom. The van der Waals surface area contributed by atoms with Crippen LogP contribution in [-0.4, -0.2) is 35.0 Å². The van der Waals surface area contributed by atoms with Crippen molar-refractivity contribution in [2.45, 2.75) is 5.75 Å². The van der Waals surface area contributed by atoms with E-state index in [9.17, 15) is 9.59 Å². The molecule has 1 aromatic carbocycles. The Hall–Kier alpha value is -1.28. The molecule has 0 amide bonds. The molecule has 2 aromatic rings. The number of thiophene rings is 1. The van der Waals surface area contributed by atoms with Gasteiger partial charge in [-0.1, -0.05) is 53.3 Å². The number of aliphatic imine (C=N–C) groups is 1. The molecule has 0 atom stereocenters. The summed E-state index contributed by atoms with van der Waals surface area (Å²) in [6.45, 7) is 0.561. The number of halogens is 1. The Labute approximate surface area is 163 Å². The second kappa shape index (κ2) is 8.89. The van der Waals surface area contributed by atoms with Crippen LogP contribution in [-0.2, 0) is 10.5 Å². The molecule has 0 unspecified atom stereocenters. The van der Waals surface area contributed by atoms with Gasteiger partial charge in [0.05, 0.1) is 21.3 Å². The summed E-state index contributed by atoms with van der Waals surface area (Å²) in [5.74, 6) is 0.911. The zero-order valence-corrected chi connectivity index (χ0v) is 16.3. The van der Waals surface area contributed by atoms with E-state index in [1.54, 1.807) is 47.8 Å². The lowest BCUT2D eigenvalue weighted by atomic mass is 10.1. The molecular formula is C17H14ClNO3S3. The van der Waals surface area contributed by atoms with Crippen LogP contribution in [0.3, 0.4) is 0 Å². The molecule has 1 aliphatic rings. The first kappa shape index (κ1) is 18.5. The number of benzene rings is 1. The average Bonchev–Trinajstić information content (AvgIpc) is 3.29. The van der Waals surface area contributed by atoms with Gasteiger partial charge in [0.1, 0.15) is 4.38 Å². The summed E-state index contributed by atoms with van der Waals surface area (Å²) >= 11 is 10.3. The topological polar surface area (TPSA) is 55.7 Å². The zero-order valence-electron chi connectivity index (χ0n) is 13.1. The number of nitrogens with zero attached hydrogens (tertiary/aromatic N) is 1. The van der Waals surface area contributed by atoms with Crippen molar-refractivity contribution >= 4 is 62.6 Å². The van der Waals surface area contributed by atoms with Crippen molar-refractivity contribution in [3.63, 3.8) is 0 Å². The SMILES string of the molecule is O=C(COC(=O)c1ccccc1CSC1=NCCS1)c1ccc(Cl)s1.